The first-order valence-electron chi connectivity index (χ1n) is 16.9. The molecule has 5 nitrogen and oxygen atoms in total. The smallest absolute Gasteiger partial charge is 0.238 e. The Labute approximate surface area is 295 Å². The Morgan fingerprint density at radius 2 is 1.18 bits per heavy atom. The van der Waals surface area contributed by atoms with Gasteiger partial charge >= 0.3 is 0 Å². The number of para-hydroxylation sites is 2. The van der Waals surface area contributed by atoms with Crippen LogP contribution in [-0.4, -0.2) is 19.5 Å². The molecule has 11 aromatic rings. The minimum absolute atomic E-state index is 0.555. The number of aromatic nitrogens is 4. The maximum absolute atomic E-state index is 6.58. The lowest BCUT2D eigenvalue weighted by molar-refractivity contribution is 0.673. The number of nitrogens with zero attached hydrogens (tertiary/aromatic N) is 4. The molecule has 0 radical (unpaired) electrons. The summed E-state index contributed by atoms with van der Waals surface area (Å²) in [6, 6.07) is 54.9. The van der Waals surface area contributed by atoms with Crippen LogP contribution in [-0.2, 0) is 0 Å². The van der Waals surface area contributed by atoms with Crippen LogP contribution in [0.3, 0.4) is 0 Å². The zero-order chi connectivity index (χ0) is 33.5. The monoisotopic (exact) mass is 670 g/mol. The van der Waals surface area contributed by atoms with Gasteiger partial charge in [0.25, 0.3) is 0 Å². The molecule has 0 amide bonds. The Kier molecular flexibility index (Phi) is 6.05. The maximum Gasteiger partial charge on any atom is 0.238 e. The fourth-order valence-corrected chi connectivity index (χ4v) is 8.77. The Morgan fingerprint density at radius 3 is 2.10 bits per heavy atom. The summed E-state index contributed by atoms with van der Waals surface area (Å²) in [6.07, 6.45) is 0. The molecule has 0 aliphatic rings. The van der Waals surface area contributed by atoms with Gasteiger partial charge in [-0.05, 0) is 53.6 Å². The van der Waals surface area contributed by atoms with E-state index in [0.29, 0.717) is 17.6 Å². The zero-order valence-corrected chi connectivity index (χ0v) is 27.9. The predicted octanol–water partition coefficient (Wildman–Crippen LogP) is 12.2. The molecule has 0 aliphatic heterocycles. The van der Waals surface area contributed by atoms with Crippen LogP contribution in [0.1, 0.15) is 0 Å². The van der Waals surface area contributed by atoms with Gasteiger partial charge in [0.15, 0.2) is 11.6 Å². The second-order valence-corrected chi connectivity index (χ2v) is 13.8. The molecule has 0 atom stereocenters. The molecule has 51 heavy (non-hydrogen) atoms. The van der Waals surface area contributed by atoms with Crippen molar-refractivity contribution in [2.75, 3.05) is 0 Å². The van der Waals surface area contributed by atoms with Crippen molar-refractivity contribution < 1.29 is 4.42 Å². The zero-order valence-electron chi connectivity index (χ0n) is 27.1. The molecule has 0 saturated carbocycles. The third-order valence-electron chi connectivity index (χ3n) is 9.88. The molecule has 0 bridgehead atoms. The third-order valence-corrected chi connectivity index (χ3v) is 11.1. The van der Waals surface area contributed by atoms with E-state index in [4.69, 9.17) is 19.4 Å². The SMILES string of the molecule is c1ccc(-c2cccc(-c3nc(-c4cccc5c4sc4ccccc45)nc(-n4c5ccccc5c5c6oc7ccccc7c6ccc54)n3)c2)cc1. The van der Waals surface area contributed by atoms with Gasteiger partial charge in [0.1, 0.15) is 11.2 Å². The molecule has 0 saturated heterocycles. The van der Waals surface area contributed by atoms with Gasteiger partial charge in [-0.15, -0.1) is 11.3 Å². The van der Waals surface area contributed by atoms with Crippen LogP contribution in [0.5, 0.6) is 0 Å². The average Bonchev–Trinajstić information content (AvgIpc) is 3.88. The first kappa shape index (κ1) is 28.2. The Hall–Kier alpha value is -6.63. The number of hydrogen-bond acceptors (Lipinski definition) is 5. The maximum atomic E-state index is 6.58. The quantitative estimate of drug-likeness (QED) is 0.187. The van der Waals surface area contributed by atoms with Crippen molar-refractivity contribution in [2.45, 2.75) is 0 Å². The molecular weight excluding hydrogens is 645 g/mol. The van der Waals surface area contributed by atoms with E-state index in [1.54, 1.807) is 11.3 Å². The van der Waals surface area contributed by atoms with Crippen LogP contribution in [0.15, 0.2) is 162 Å². The first-order valence-corrected chi connectivity index (χ1v) is 17.8. The third kappa shape index (κ3) is 4.30. The molecule has 0 fully saturated rings. The van der Waals surface area contributed by atoms with Gasteiger partial charge in [0, 0.05) is 47.5 Å². The summed E-state index contributed by atoms with van der Waals surface area (Å²) < 4.78 is 11.1. The van der Waals surface area contributed by atoms with Crippen LogP contribution in [0.25, 0.3) is 104 Å². The number of fused-ring (bicyclic) bond motifs is 10. The van der Waals surface area contributed by atoms with E-state index in [-0.39, 0.29) is 0 Å². The number of furan rings is 1. The highest BCUT2D eigenvalue weighted by atomic mass is 32.1. The minimum atomic E-state index is 0.555. The van der Waals surface area contributed by atoms with Crippen molar-refractivity contribution >= 4 is 75.3 Å². The topological polar surface area (TPSA) is 56.7 Å². The molecule has 4 aromatic heterocycles. The lowest BCUT2D eigenvalue weighted by Gasteiger charge is -2.12. The van der Waals surface area contributed by atoms with Crippen LogP contribution < -0.4 is 0 Å². The molecule has 0 aliphatic carbocycles. The normalized spacial score (nSPS) is 11.9. The summed E-state index contributed by atoms with van der Waals surface area (Å²) in [5, 5.41) is 6.75. The van der Waals surface area contributed by atoms with Crippen molar-refractivity contribution in [1.82, 2.24) is 19.5 Å². The van der Waals surface area contributed by atoms with Crippen molar-refractivity contribution in [3.8, 4) is 39.9 Å². The van der Waals surface area contributed by atoms with Gasteiger partial charge in [-0.25, -0.2) is 4.98 Å². The van der Waals surface area contributed by atoms with Crippen LogP contribution in [0.2, 0.25) is 0 Å². The van der Waals surface area contributed by atoms with Crippen LogP contribution in [0.4, 0.5) is 0 Å². The van der Waals surface area contributed by atoms with E-state index >= 15 is 0 Å². The highest BCUT2D eigenvalue weighted by Gasteiger charge is 2.22. The van der Waals surface area contributed by atoms with E-state index in [1.807, 2.05) is 18.2 Å². The molecule has 0 spiro atoms. The first-order chi connectivity index (χ1) is 25.3. The summed E-state index contributed by atoms with van der Waals surface area (Å²) in [6.45, 7) is 0. The minimum Gasteiger partial charge on any atom is -0.455 e. The van der Waals surface area contributed by atoms with Gasteiger partial charge < -0.3 is 4.42 Å². The average molecular weight is 671 g/mol. The predicted molar refractivity (Wildman–Crippen MR) is 211 cm³/mol. The highest BCUT2D eigenvalue weighted by Crippen LogP contribution is 2.42. The van der Waals surface area contributed by atoms with Crippen molar-refractivity contribution in [2.24, 2.45) is 0 Å². The lowest BCUT2D eigenvalue weighted by atomic mass is 10.0. The van der Waals surface area contributed by atoms with E-state index in [9.17, 15) is 0 Å². The molecule has 4 heterocycles. The second-order valence-electron chi connectivity index (χ2n) is 12.8. The lowest BCUT2D eigenvalue weighted by Crippen LogP contribution is -2.06. The van der Waals surface area contributed by atoms with Crippen LogP contribution >= 0.6 is 11.3 Å². The molecule has 7 aromatic carbocycles. The molecule has 0 N–H and O–H groups in total. The summed E-state index contributed by atoms with van der Waals surface area (Å²) in [4.78, 5) is 15.8. The Bertz CT molecular complexity index is 3150. The fourth-order valence-electron chi connectivity index (χ4n) is 7.56. The van der Waals surface area contributed by atoms with Crippen LogP contribution in [0, 0.1) is 0 Å². The number of rotatable bonds is 4. The van der Waals surface area contributed by atoms with Gasteiger partial charge in [0.2, 0.25) is 5.95 Å². The van der Waals surface area contributed by atoms with Gasteiger partial charge in [-0.2, -0.15) is 9.97 Å². The summed E-state index contributed by atoms with van der Waals surface area (Å²) in [5.41, 5.74) is 7.86. The molecule has 6 heteroatoms. The Balaban J connectivity index is 1.22. The van der Waals surface area contributed by atoms with Crippen molar-refractivity contribution in [3.63, 3.8) is 0 Å². The molecular formula is C45H26N4OS. The Morgan fingerprint density at radius 1 is 0.471 bits per heavy atom. The second kappa shape index (κ2) is 10.9. The largest absolute Gasteiger partial charge is 0.455 e. The van der Waals surface area contributed by atoms with Gasteiger partial charge in [0.05, 0.1) is 16.4 Å². The summed E-state index contributed by atoms with van der Waals surface area (Å²) >= 11 is 1.78. The summed E-state index contributed by atoms with van der Waals surface area (Å²) in [7, 11) is 0. The van der Waals surface area contributed by atoms with E-state index in [1.165, 1.54) is 15.5 Å². The summed E-state index contributed by atoms with van der Waals surface area (Å²) in [5.74, 6) is 1.80. The van der Waals surface area contributed by atoms with Gasteiger partial charge in [-0.3, -0.25) is 4.57 Å². The number of thiophene rings is 1. The van der Waals surface area contributed by atoms with E-state index < -0.39 is 0 Å². The molecule has 11 rings (SSSR count). The van der Waals surface area contributed by atoms with Crippen molar-refractivity contribution in [1.29, 1.82) is 0 Å². The number of benzene rings is 7. The highest BCUT2D eigenvalue weighted by molar-refractivity contribution is 7.26. The fraction of sp³-hybridized carbons (Fsp3) is 0. The van der Waals surface area contributed by atoms with E-state index in [2.05, 4.69) is 144 Å². The van der Waals surface area contributed by atoms with Crippen molar-refractivity contribution in [3.05, 3.63) is 158 Å². The standard InChI is InChI=1S/C45H26N4OS/c1-2-12-27(13-3-1)28-14-10-15-29(26-28)43-46-44(35-20-11-19-33-31-17-6-9-23-39(31)51-42(33)35)48-45(47-43)49-36-21-7-4-18-34(36)40-37(49)25-24-32-30-16-5-8-22-38(30)50-41(32)40/h1-26H. The van der Waals surface area contributed by atoms with Gasteiger partial charge in [-0.1, -0.05) is 115 Å². The molecule has 0 unspecified atom stereocenters. The van der Waals surface area contributed by atoms with E-state index in [0.717, 1.165) is 70.7 Å². The number of hydrogen-bond donors (Lipinski definition) is 0. The molecule has 238 valence electrons.